The molecule has 2 aromatic carbocycles. The lowest BCUT2D eigenvalue weighted by molar-refractivity contribution is 0.483. The number of hydrogen-bond acceptors (Lipinski definition) is 3. The van der Waals surface area contributed by atoms with Gasteiger partial charge in [0.2, 0.25) is 0 Å². The average Bonchev–Trinajstić information content (AvgIpc) is 2.75. The lowest BCUT2D eigenvalue weighted by Crippen LogP contribution is -2.28. The Hall–Kier alpha value is -2.11. The number of rotatable bonds is 4. The number of benzene rings is 2. The molecule has 0 saturated heterocycles. The van der Waals surface area contributed by atoms with Crippen LogP contribution in [0.15, 0.2) is 65.7 Å². The standard InChI is InChI=1S/C20H23NO3S/c1-14(16-8-6-5-7-9-16)13-21-15(2)20(3,4)18-12-17(25(22,23)24)10-11-19(18)21/h5-12,14H,2,13H2,1,3-4H3,(H,22,23,24). The lowest BCUT2D eigenvalue weighted by Gasteiger charge is -2.28. The van der Waals surface area contributed by atoms with Gasteiger partial charge in [-0.3, -0.25) is 4.55 Å². The molecule has 0 bridgehead atoms. The summed E-state index contributed by atoms with van der Waals surface area (Å²) >= 11 is 0. The second-order valence-corrected chi connectivity index (χ2v) is 8.57. The van der Waals surface area contributed by atoms with Crippen molar-refractivity contribution in [2.45, 2.75) is 37.0 Å². The van der Waals surface area contributed by atoms with Crippen LogP contribution >= 0.6 is 0 Å². The predicted octanol–water partition coefficient (Wildman–Crippen LogP) is 4.35. The maximum Gasteiger partial charge on any atom is 0.294 e. The summed E-state index contributed by atoms with van der Waals surface area (Å²) in [5.41, 5.74) is 3.60. The third-order valence-corrected chi connectivity index (χ3v) is 5.95. The van der Waals surface area contributed by atoms with Crippen LogP contribution in [0.2, 0.25) is 0 Å². The Morgan fingerprint density at radius 3 is 2.40 bits per heavy atom. The average molecular weight is 357 g/mol. The summed E-state index contributed by atoms with van der Waals surface area (Å²) in [5.74, 6) is 0.293. The molecule has 4 nitrogen and oxygen atoms in total. The van der Waals surface area contributed by atoms with E-state index in [-0.39, 0.29) is 4.90 Å². The minimum absolute atomic E-state index is 0.0786. The first-order valence-electron chi connectivity index (χ1n) is 8.26. The first-order valence-corrected chi connectivity index (χ1v) is 9.70. The third kappa shape index (κ3) is 3.10. The van der Waals surface area contributed by atoms with Crippen molar-refractivity contribution in [3.8, 4) is 0 Å². The molecule has 2 aromatic rings. The number of nitrogens with zero attached hydrogens (tertiary/aromatic N) is 1. The van der Waals surface area contributed by atoms with Crippen molar-refractivity contribution in [1.82, 2.24) is 0 Å². The summed E-state index contributed by atoms with van der Waals surface area (Å²) in [4.78, 5) is 2.07. The molecule has 5 heteroatoms. The van der Waals surface area contributed by atoms with Crippen molar-refractivity contribution in [2.75, 3.05) is 11.4 Å². The SMILES string of the molecule is C=C1N(CC(C)c2ccccc2)c2ccc(S(=O)(=O)O)cc2C1(C)C. The predicted molar refractivity (Wildman–Crippen MR) is 101 cm³/mol. The van der Waals surface area contributed by atoms with Gasteiger partial charge < -0.3 is 4.90 Å². The monoisotopic (exact) mass is 357 g/mol. The number of hydrogen-bond donors (Lipinski definition) is 1. The van der Waals surface area contributed by atoms with E-state index in [1.165, 1.54) is 11.6 Å². The molecule has 25 heavy (non-hydrogen) atoms. The summed E-state index contributed by atoms with van der Waals surface area (Å²) in [7, 11) is -4.22. The maximum absolute atomic E-state index is 11.5. The minimum atomic E-state index is -4.22. The van der Waals surface area contributed by atoms with Crippen molar-refractivity contribution in [3.63, 3.8) is 0 Å². The first-order chi connectivity index (χ1) is 11.6. The fourth-order valence-corrected chi connectivity index (χ4v) is 3.93. The molecule has 1 aliphatic rings. The van der Waals surface area contributed by atoms with Crippen molar-refractivity contribution in [3.05, 3.63) is 71.9 Å². The van der Waals surface area contributed by atoms with Gasteiger partial charge in [-0.1, -0.05) is 57.7 Å². The molecule has 1 atom stereocenters. The maximum atomic E-state index is 11.5. The molecular weight excluding hydrogens is 334 g/mol. The van der Waals surface area contributed by atoms with Gasteiger partial charge in [0, 0.05) is 23.3 Å². The highest BCUT2D eigenvalue weighted by Gasteiger charge is 2.40. The first kappa shape index (κ1) is 17.7. The van der Waals surface area contributed by atoms with Gasteiger partial charge in [0.15, 0.2) is 0 Å². The van der Waals surface area contributed by atoms with E-state index in [0.29, 0.717) is 5.92 Å². The van der Waals surface area contributed by atoms with Gasteiger partial charge in [-0.25, -0.2) is 0 Å². The smallest absolute Gasteiger partial charge is 0.294 e. The van der Waals surface area contributed by atoms with Crippen LogP contribution in [0.3, 0.4) is 0 Å². The molecule has 0 saturated carbocycles. The topological polar surface area (TPSA) is 57.6 Å². The van der Waals surface area contributed by atoms with Crippen LogP contribution in [0.1, 0.15) is 37.8 Å². The Kier molecular flexibility index (Phi) is 4.25. The van der Waals surface area contributed by atoms with Gasteiger partial charge in [0.1, 0.15) is 0 Å². The van der Waals surface area contributed by atoms with E-state index in [1.807, 2.05) is 32.0 Å². The largest absolute Gasteiger partial charge is 0.344 e. The van der Waals surface area contributed by atoms with Crippen LogP contribution < -0.4 is 4.90 Å². The zero-order valence-corrected chi connectivity index (χ0v) is 15.5. The van der Waals surface area contributed by atoms with E-state index in [1.54, 1.807) is 12.1 Å². The molecule has 132 valence electrons. The Bertz CT molecular complexity index is 917. The van der Waals surface area contributed by atoms with Crippen LogP contribution in [0.5, 0.6) is 0 Å². The number of anilines is 1. The summed E-state index contributed by atoms with van der Waals surface area (Å²) < 4.78 is 32.3. The van der Waals surface area contributed by atoms with Crippen LogP contribution in [0.4, 0.5) is 5.69 Å². The second kappa shape index (κ2) is 6.00. The summed E-state index contributed by atoms with van der Waals surface area (Å²) in [6.07, 6.45) is 0. The summed E-state index contributed by atoms with van der Waals surface area (Å²) in [6, 6.07) is 15.0. The highest BCUT2D eigenvalue weighted by atomic mass is 32.2. The molecule has 0 aliphatic carbocycles. The highest BCUT2D eigenvalue weighted by Crippen LogP contribution is 2.48. The molecule has 0 fully saturated rings. The molecule has 1 aliphatic heterocycles. The van der Waals surface area contributed by atoms with E-state index in [2.05, 4.69) is 30.5 Å². The third-order valence-electron chi connectivity index (χ3n) is 5.10. The Balaban J connectivity index is 2.00. The molecule has 0 aromatic heterocycles. The molecule has 0 amide bonds. The fourth-order valence-electron chi connectivity index (χ4n) is 3.42. The quantitative estimate of drug-likeness (QED) is 0.827. The molecule has 1 unspecified atom stereocenters. The minimum Gasteiger partial charge on any atom is -0.344 e. The molecule has 0 radical (unpaired) electrons. The van der Waals surface area contributed by atoms with Crippen molar-refractivity contribution >= 4 is 15.8 Å². The number of fused-ring (bicyclic) bond motifs is 1. The molecule has 1 N–H and O–H groups in total. The normalized spacial score (nSPS) is 17.4. The van der Waals surface area contributed by atoms with Gasteiger partial charge in [-0.05, 0) is 35.2 Å². The highest BCUT2D eigenvalue weighted by molar-refractivity contribution is 7.85. The van der Waals surface area contributed by atoms with Crippen molar-refractivity contribution < 1.29 is 13.0 Å². The molecule has 3 rings (SSSR count). The zero-order chi connectivity index (χ0) is 18.4. The second-order valence-electron chi connectivity index (χ2n) is 7.15. The lowest BCUT2D eigenvalue weighted by atomic mass is 9.84. The van der Waals surface area contributed by atoms with E-state index in [4.69, 9.17) is 0 Å². The van der Waals surface area contributed by atoms with Gasteiger partial charge >= 0.3 is 0 Å². The van der Waals surface area contributed by atoms with E-state index < -0.39 is 15.5 Å². The Morgan fingerprint density at radius 1 is 1.16 bits per heavy atom. The van der Waals surface area contributed by atoms with Crippen molar-refractivity contribution in [1.29, 1.82) is 0 Å². The van der Waals surface area contributed by atoms with Crippen LogP contribution in [-0.2, 0) is 15.5 Å². The van der Waals surface area contributed by atoms with E-state index in [9.17, 15) is 13.0 Å². The van der Waals surface area contributed by atoms with Gasteiger partial charge in [0.05, 0.1) is 4.90 Å². The van der Waals surface area contributed by atoms with E-state index >= 15 is 0 Å². The Labute approximate surface area is 149 Å². The zero-order valence-electron chi connectivity index (χ0n) is 14.7. The van der Waals surface area contributed by atoms with E-state index in [0.717, 1.165) is 23.5 Å². The van der Waals surface area contributed by atoms with Gasteiger partial charge in [-0.2, -0.15) is 8.42 Å². The summed E-state index contributed by atoms with van der Waals surface area (Å²) in [5, 5.41) is 0. The molecule has 1 heterocycles. The fraction of sp³-hybridized carbons (Fsp3) is 0.300. The molecule has 0 spiro atoms. The van der Waals surface area contributed by atoms with Gasteiger partial charge in [0.25, 0.3) is 10.1 Å². The van der Waals surface area contributed by atoms with Crippen LogP contribution in [-0.4, -0.2) is 19.5 Å². The number of allylic oxidation sites excluding steroid dienone is 1. The summed E-state index contributed by atoms with van der Waals surface area (Å²) in [6.45, 7) is 11.2. The van der Waals surface area contributed by atoms with Gasteiger partial charge in [-0.15, -0.1) is 0 Å². The van der Waals surface area contributed by atoms with Crippen LogP contribution in [0.25, 0.3) is 0 Å². The Morgan fingerprint density at radius 2 is 1.80 bits per heavy atom. The van der Waals surface area contributed by atoms with Crippen molar-refractivity contribution in [2.24, 2.45) is 0 Å². The van der Waals surface area contributed by atoms with Crippen LogP contribution in [0, 0.1) is 0 Å². The molecular formula is C20H23NO3S.